The number of carbonyl (C=O) groups is 4. The van der Waals surface area contributed by atoms with Gasteiger partial charge in [-0.05, 0) is 72.8 Å². The van der Waals surface area contributed by atoms with Crippen molar-refractivity contribution in [3.05, 3.63) is 58.7 Å². The molecule has 0 spiro atoms. The minimum absolute atomic E-state index is 0.00579. The molecule has 3 rings (SSSR count). The zero-order chi connectivity index (χ0) is 31.6. The largest absolute Gasteiger partial charge is 0.300 e. The molecule has 0 fully saturated rings. The van der Waals surface area contributed by atoms with Crippen LogP contribution in [0.15, 0.2) is 36.4 Å². The summed E-state index contributed by atoms with van der Waals surface area (Å²) in [6.07, 6.45) is 6.42. The van der Waals surface area contributed by atoms with Crippen molar-refractivity contribution < 1.29 is 19.2 Å². The second kappa shape index (κ2) is 16.1. The number of aryl methyl sites for hydroxylation is 1. The first-order chi connectivity index (χ1) is 19.8. The second-order valence-electron chi connectivity index (χ2n) is 13.4. The average molecular weight is 575 g/mol. The maximum Gasteiger partial charge on any atom is 0.163 e. The van der Waals surface area contributed by atoms with Gasteiger partial charge in [-0.25, -0.2) is 0 Å². The molecule has 42 heavy (non-hydrogen) atoms. The summed E-state index contributed by atoms with van der Waals surface area (Å²) in [7, 11) is 0. The molecule has 0 aromatic heterocycles. The first kappa shape index (κ1) is 35.3. The number of ketones is 4. The molecule has 2 aromatic rings. The fourth-order valence-corrected chi connectivity index (χ4v) is 6.26. The van der Waals surface area contributed by atoms with Crippen molar-refractivity contribution in [1.29, 1.82) is 0 Å². The summed E-state index contributed by atoms with van der Waals surface area (Å²) in [5.41, 5.74) is 5.73. The molecule has 0 heterocycles. The number of rotatable bonds is 12. The number of carbonyl (C=O) groups excluding carboxylic acids is 4. The highest BCUT2D eigenvalue weighted by Crippen LogP contribution is 2.40. The number of hydrogen-bond donors (Lipinski definition) is 0. The van der Waals surface area contributed by atoms with E-state index in [9.17, 15) is 19.2 Å². The maximum atomic E-state index is 13.5. The van der Waals surface area contributed by atoms with E-state index in [1.165, 1.54) is 13.3 Å². The van der Waals surface area contributed by atoms with Crippen molar-refractivity contribution in [2.45, 2.75) is 120 Å². The summed E-state index contributed by atoms with van der Waals surface area (Å²) in [4.78, 5) is 50.6. The molecule has 4 nitrogen and oxygen atoms in total. The molecule has 0 saturated heterocycles. The number of fused-ring (bicyclic) bond motifs is 1. The highest BCUT2D eigenvalue weighted by Gasteiger charge is 2.34. The molecule has 1 aliphatic carbocycles. The SMILES string of the molecule is CCC.CCCC(CC1CC(=O)c2c(C)ccc(-c3ccc(CC(=O)C(C)(C)C)cc3)c2C1)C(CC)C(=O)CC(C)=O. The Kier molecular flexibility index (Phi) is 13.5. The zero-order valence-corrected chi connectivity index (χ0v) is 27.7. The summed E-state index contributed by atoms with van der Waals surface area (Å²) in [5, 5.41) is 0. The van der Waals surface area contributed by atoms with Gasteiger partial charge in [-0.1, -0.05) is 104 Å². The van der Waals surface area contributed by atoms with Gasteiger partial charge in [0.25, 0.3) is 0 Å². The van der Waals surface area contributed by atoms with Crippen molar-refractivity contribution in [2.75, 3.05) is 0 Å². The Morgan fingerprint density at radius 1 is 0.929 bits per heavy atom. The highest BCUT2D eigenvalue weighted by molar-refractivity contribution is 6.02. The van der Waals surface area contributed by atoms with Crippen molar-refractivity contribution in [3.63, 3.8) is 0 Å². The topological polar surface area (TPSA) is 68.3 Å². The second-order valence-corrected chi connectivity index (χ2v) is 13.4. The molecule has 0 amide bonds. The van der Waals surface area contributed by atoms with Gasteiger partial charge in [0.2, 0.25) is 0 Å². The summed E-state index contributed by atoms with van der Waals surface area (Å²) in [6, 6.07) is 12.3. The van der Waals surface area contributed by atoms with Crippen LogP contribution in [0, 0.1) is 30.1 Å². The average Bonchev–Trinajstić information content (AvgIpc) is 2.89. The third-order valence-electron chi connectivity index (χ3n) is 8.37. The van der Waals surface area contributed by atoms with Crippen LogP contribution in [-0.2, 0) is 27.2 Å². The Labute approximate surface area is 255 Å². The quantitative estimate of drug-likeness (QED) is 0.237. The van der Waals surface area contributed by atoms with Gasteiger partial charge in [-0.3, -0.25) is 19.2 Å². The summed E-state index contributed by atoms with van der Waals surface area (Å²) in [5.74, 6) is 0.586. The Hall–Kier alpha value is -2.88. The smallest absolute Gasteiger partial charge is 0.163 e. The van der Waals surface area contributed by atoms with Gasteiger partial charge in [0.15, 0.2) is 5.78 Å². The molecule has 0 aliphatic heterocycles. The van der Waals surface area contributed by atoms with E-state index in [0.717, 1.165) is 65.5 Å². The van der Waals surface area contributed by atoms with Crippen molar-refractivity contribution >= 4 is 23.1 Å². The lowest BCUT2D eigenvalue weighted by atomic mass is 9.71. The van der Waals surface area contributed by atoms with E-state index in [0.29, 0.717) is 12.8 Å². The van der Waals surface area contributed by atoms with Crippen molar-refractivity contribution in [3.8, 4) is 11.1 Å². The van der Waals surface area contributed by atoms with Crippen LogP contribution in [0.25, 0.3) is 11.1 Å². The van der Waals surface area contributed by atoms with Crippen LogP contribution >= 0.6 is 0 Å². The van der Waals surface area contributed by atoms with E-state index in [2.05, 4.69) is 39.0 Å². The molecule has 2 aromatic carbocycles. The van der Waals surface area contributed by atoms with E-state index < -0.39 is 0 Å². The monoisotopic (exact) mass is 574 g/mol. The van der Waals surface area contributed by atoms with Crippen LogP contribution in [0.4, 0.5) is 0 Å². The van der Waals surface area contributed by atoms with Gasteiger partial charge in [0, 0.05) is 29.7 Å². The number of hydrogen-bond acceptors (Lipinski definition) is 4. The van der Waals surface area contributed by atoms with E-state index in [1.807, 2.05) is 52.8 Å². The maximum absolute atomic E-state index is 13.5. The third kappa shape index (κ3) is 9.57. The Balaban J connectivity index is 0.00000197. The first-order valence-corrected chi connectivity index (χ1v) is 16.1. The van der Waals surface area contributed by atoms with Crippen LogP contribution in [0.1, 0.15) is 127 Å². The Morgan fingerprint density at radius 2 is 1.55 bits per heavy atom. The summed E-state index contributed by atoms with van der Waals surface area (Å²) in [6.45, 7) is 17.8. The van der Waals surface area contributed by atoms with Crippen LogP contribution in [0.5, 0.6) is 0 Å². The Morgan fingerprint density at radius 3 is 2.07 bits per heavy atom. The molecule has 0 saturated carbocycles. The molecule has 1 aliphatic rings. The molecule has 0 bridgehead atoms. The molecule has 230 valence electrons. The summed E-state index contributed by atoms with van der Waals surface area (Å²) >= 11 is 0. The van der Waals surface area contributed by atoms with Crippen LogP contribution in [0.3, 0.4) is 0 Å². The highest BCUT2D eigenvalue weighted by atomic mass is 16.1. The lowest BCUT2D eigenvalue weighted by Gasteiger charge is -2.32. The fourth-order valence-electron chi connectivity index (χ4n) is 6.26. The van der Waals surface area contributed by atoms with Gasteiger partial charge in [0.1, 0.15) is 17.3 Å². The molecule has 4 heteroatoms. The summed E-state index contributed by atoms with van der Waals surface area (Å²) < 4.78 is 0. The zero-order valence-electron chi connectivity index (χ0n) is 27.7. The molecular weight excluding hydrogens is 520 g/mol. The van der Waals surface area contributed by atoms with Gasteiger partial charge in [0.05, 0.1) is 6.42 Å². The van der Waals surface area contributed by atoms with Gasteiger partial charge in [-0.2, -0.15) is 0 Å². The first-order valence-electron chi connectivity index (χ1n) is 16.1. The Bertz CT molecular complexity index is 1230. The molecule has 0 N–H and O–H groups in total. The lowest BCUT2D eigenvalue weighted by Crippen LogP contribution is -2.30. The fraction of sp³-hybridized carbons (Fsp3) is 0.579. The predicted octanol–water partition coefficient (Wildman–Crippen LogP) is 9.36. The van der Waals surface area contributed by atoms with E-state index in [1.54, 1.807) is 0 Å². The third-order valence-corrected chi connectivity index (χ3v) is 8.37. The molecular formula is C38H54O4. The van der Waals surface area contributed by atoms with Gasteiger partial charge >= 0.3 is 0 Å². The number of benzene rings is 2. The minimum Gasteiger partial charge on any atom is -0.300 e. The molecule has 0 radical (unpaired) electrons. The minimum atomic E-state index is -0.368. The van der Waals surface area contributed by atoms with Crippen LogP contribution in [-0.4, -0.2) is 23.1 Å². The van der Waals surface area contributed by atoms with Crippen molar-refractivity contribution in [2.24, 2.45) is 23.2 Å². The predicted molar refractivity (Wildman–Crippen MR) is 174 cm³/mol. The van der Waals surface area contributed by atoms with Crippen LogP contribution in [0.2, 0.25) is 0 Å². The van der Waals surface area contributed by atoms with Crippen LogP contribution < -0.4 is 0 Å². The number of Topliss-reactive ketones (excluding diaryl/α,β-unsaturated/α-hetero) is 4. The van der Waals surface area contributed by atoms with Gasteiger partial charge < -0.3 is 0 Å². The molecule has 3 unspecified atom stereocenters. The normalized spacial score (nSPS) is 16.1. The standard InChI is InChI=1S/C35H46O4.C3H8/c1-8-10-27(28(9-2)31(37)17-23(4)36)18-25-19-30-29(16-11-22(3)34(30)32(38)20-25)26-14-12-24(13-15-26)21-33(39)35(5,6)7;1-3-2/h11-16,25,27-28H,8-10,17-21H2,1-7H3;3H2,1-2H3. The van der Waals surface area contributed by atoms with E-state index in [4.69, 9.17) is 0 Å². The van der Waals surface area contributed by atoms with Gasteiger partial charge in [-0.15, -0.1) is 0 Å². The molecule has 3 atom stereocenters. The van der Waals surface area contributed by atoms with E-state index in [-0.39, 0.29) is 52.7 Å². The lowest BCUT2D eigenvalue weighted by molar-refractivity contribution is -0.130. The van der Waals surface area contributed by atoms with E-state index >= 15 is 0 Å². The van der Waals surface area contributed by atoms with Crippen molar-refractivity contribution in [1.82, 2.24) is 0 Å².